The molecule has 0 radical (unpaired) electrons. The highest BCUT2D eigenvalue weighted by Gasteiger charge is 2.32. The van der Waals surface area contributed by atoms with Gasteiger partial charge in [-0.3, -0.25) is 4.79 Å². The Balaban J connectivity index is 2.79. The van der Waals surface area contributed by atoms with Crippen LogP contribution in [0, 0.1) is 17.1 Å². The lowest BCUT2D eigenvalue weighted by Crippen LogP contribution is -2.46. The van der Waals surface area contributed by atoms with E-state index in [0.29, 0.717) is 11.3 Å². The Kier molecular flexibility index (Phi) is 4.92. The normalized spacial score (nSPS) is 12.8. The van der Waals surface area contributed by atoms with Gasteiger partial charge in [0.25, 0.3) is 0 Å². The van der Waals surface area contributed by atoms with Gasteiger partial charge in [-0.15, -0.1) is 11.8 Å². The highest BCUT2D eigenvalue weighted by atomic mass is 32.2. The molecule has 0 aliphatic rings. The second-order valence-electron chi connectivity index (χ2n) is 4.67. The average molecular weight is 282 g/mol. The van der Waals surface area contributed by atoms with Gasteiger partial charge in [-0.2, -0.15) is 5.26 Å². The van der Waals surface area contributed by atoms with Gasteiger partial charge in [0.2, 0.25) is 0 Å². The van der Waals surface area contributed by atoms with E-state index >= 15 is 0 Å². The molecule has 0 heterocycles. The molecule has 0 fully saturated rings. The third-order valence-corrected chi connectivity index (χ3v) is 4.19. The number of carboxylic acids is 1. The van der Waals surface area contributed by atoms with Crippen molar-refractivity contribution in [3.63, 3.8) is 0 Å². The molecule has 4 nitrogen and oxygen atoms in total. The molecule has 0 aromatic heterocycles. The molecule has 1 aromatic rings. The van der Waals surface area contributed by atoms with E-state index in [1.807, 2.05) is 6.07 Å². The summed E-state index contributed by atoms with van der Waals surface area (Å²) in [5, 5.41) is 17.7. The average Bonchev–Trinajstić information content (AvgIpc) is 2.34. The second kappa shape index (κ2) is 6.04. The van der Waals surface area contributed by atoms with Crippen LogP contribution in [0.5, 0.6) is 0 Å². The van der Waals surface area contributed by atoms with Crippen molar-refractivity contribution in [3.05, 3.63) is 35.1 Å². The van der Waals surface area contributed by atoms with Crippen LogP contribution in [0.2, 0.25) is 0 Å². The minimum absolute atomic E-state index is 0.246. The molecule has 1 aromatic carbocycles. The Morgan fingerprint density at radius 2 is 2.21 bits per heavy atom. The van der Waals surface area contributed by atoms with Crippen LogP contribution in [0.15, 0.2) is 18.2 Å². The quantitative estimate of drug-likeness (QED) is 0.863. The number of halogens is 1. The number of carbonyl (C=O) groups is 1. The molecule has 1 atom stereocenters. The molecule has 0 saturated heterocycles. The molecule has 1 rings (SSSR count). The molecule has 6 heteroatoms. The van der Waals surface area contributed by atoms with Crippen LogP contribution in [0.25, 0.3) is 0 Å². The van der Waals surface area contributed by atoms with E-state index in [1.54, 1.807) is 19.9 Å². The lowest BCUT2D eigenvalue weighted by Gasteiger charge is -2.28. The van der Waals surface area contributed by atoms with E-state index in [2.05, 4.69) is 0 Å². The third kappa shape index (κ3) is 4.23. The minimum Gasteiger partial charge on any atom is -0.480 e. The summed E-state index contributed by atoms with van der Waals surface area (Å²) in [5.41, 5.74) is 6.48. The Hall–Kier alpha value is -1.58. The number of aliphatic carboxylic acids is 1. The van der Waals surface area contributed by atoms with Crippen molar-refractivity contribution >= 4 is 17.7 Å². The number of nitriles is 1. The molecule has 102 valence electrons. The summed E-state index contributed by atoms with van der Waals surface area (Å²) in [5.74, 6) is -1.16. The molecule has 0 bridgehead atoms. The van der Waals surface area contributed by atoms with Gasteiger partial charge in [-0.25, -0.2) is 4.39 Å². The maximum Gasteiger partial charge on any atom is 0.321 e. The van der Waals surface area contributed by atoms with Crippen molar-refractivity contribution in [2.24, 2.45) is 5.73 Å². The fourth-order valence-electron chi connectivity index (χ4n) is 1.45. The fraction of sp³-hybridized carbons (Fsp3) is 0.385. The van der Waals surface area contributed by atoms with Crippen LogP contribution >= 0.6 is 11.8 Å². The van der Waals surface area contributed by atoms with Crippen molar-refractivity contribution in [2.75, 3.05) is 0 Å². The van der Waals surface area contributed by atoms with Crippen LogP contribution < -0.4 is 5.73 Å². The first-order chi connectivity index (χ1) is 8.76. The minimum atomic E-state index is -1.07. The Bertz CT molecular complexity index is 526. The van der Waals surface area contributed by atoms with E-state index in [-0.39, 0.29) is 5.56 Å². The summed E-state index contributed by atoms with van der Waals surface area (Å²) in [4.78, 5) is 10.9. The molecule has 0 spiro atoms. The summed E-state index contributed by atoms with van der Waals surface area (Å²) in [7, 11) is 0. The SMILES string of the molecule is CC(C)(SCc1cc(F)cc(C#N)c1)[C@H](N)C(=O)O. The molecule has 0 aliphatic heterocycles. The zero-order valence-electron chi connectivity index (χ0n) is 10.7. The first-order valence-electron chi connectivity index (χ1n) is 5.58. The van der Waals surface area contributed by atoms with Gasteiger partial charge in [0, 0.05) is 10.5 Å². The number of rotatable bonds is 5. The molecule has 0 aliphatic carbocycles. The van der Waals surface area contributed by atoms with Gasteiger partial charge in [0.15, 0.2) is 0 Å². The maximum atomic E-state index is 13.2. The zero-order chi connectivity index (χ0) is 14.6. The summed E-state index contributed by atoms with van der Waals surface area (Å²) >= 11 is 1.31. The number of thioether (sulfide) groups is 1. The van der Waals surface area contributed by atoms with E-state index < -0.39 is 22.6 Å². The lowest BCUT2D eigenvalue weighted by atomic mass is 10.1. The lowest BCUT2D eigenvalue weighted by molar-refractivity contribution is -0.139. The smallest absolute Gasteiger partial charge is 0.321 e. The van der Waals surface area contributed by atoms with E-state index in [0.717, 1.165) is 6.07 Å². The predicted octanol–water partition coefficient (Wildman–Crippen LogP) is 2.12. The highest BCUT2D eigenvalue weighted by molar-refractivity contribution is 7.99. The van der Waals surface area contributed by atoms with Gasteiger partial charge in [0.05, 0.1) is 11.6 Å². The monoisotopic (exact) mass is 282 g/mol. The second-order valence-corrected chi connectivity index (χ2v) is 6.30. The number of hydrogen-bond donors (Lipinski definition) is 2. The van der Waals surface area contributed by atoms with Crippen LogP contribution in [-0.2, 0) is 10.5 Å². The van der Waals surface area contributed by atoms with E-state index in [4.69, 9.17) is 16.1 Å². The first-order valence-corrected chi connectivity index (χ1v) is 6.57. The van der Waals surface area contributed by atoms with Crippen molar-refractivity contribution < 1.29 is 14.3 Å². The number of nitrogens with two attached hydrogens (primary N) is 1. The number of hydrogen-bond acceptors (Lipinski definition) is 4. The van der Waals surface area contributed by atoms with Crippen molar-refractivity contribution in [2.45, 2.75) is 30.4 Å². The van der Waals surface area contributed by atoms with Crippen molar-refractivity contribution in [3.8, 4) is 6.07 Å². The van der Waals surface area contributed by atoms with Gasteiger partial charge in [-0.05, 0) is 37.6 Å². The van der Waals surface area contributed by atoms with Crippen LogP contribution in [0.4, 0.5) is 4.39 Å². The largest absolute Gasteiger partial charge is 0.480 e. The van der Waals surface area contributed by atoms with Gasteiger partial charge >= 0.3 is 5.97 Å². The summed E-state index contributed by atoms with van der Waals surface area (Å²) in [6, 6.07) is 4.93. The summed E-state index contributed by atoms with van der Waals surface area (Å²) in [6.07, 6.45) is 0. The molecule has 0 amide bonds. The Labute approximate surface area is 115 Å². The van der Waals surface area contributed by atoms with Crippen LogP contribution in [0.3, 0.4) is 0 Å². The molecule has 3 N–H and O–H groups in total. The van der Waals surface area contributed by atoms with E-state index in [9.17, 15) is 9.18 Å². The predicted molar refractivity (Wildman–Crippen MR) is 72.1 cm³/mol. The summed E-state index contributed by atoms with van der Waals surface area (Å²) < 4.78 is 12.6. The molecule has 19 heavy (non-hydrogen) atoms. The number of carboxylic acid groups (broad SMARTS) is 1. The van der Waals surface area contributed by atoms with Gasteiger partial charge in [0.1, 0.15) is 11.9 Å². The van der Waals surface area contributed by atoms with Crippen LogP contribution in [0.1, 0.15) is 25.0 Å². The topological polar surface area (TPSA) is 87.1 Å². The highest BCUT2D eigenvalue weighted by Crippen LogP contribution is 2.31. The van der Waals surface area contributed by atoms with Crippen LogP contribution in [-0.4, -0.2) is 21.9 Å². The van der Waals surface area contributed by atoms with Crippen molar-refractivity contribution in [1.29, 1.82) is 5.26 Å². The maximum absolute atomic E-state index is 13.2. The number of benzene rings is 1. The standard InChI is InChI=1S/C13H15FN2O2S/c1-13(2,11(16)12(17)18)19-7-9-3-8(6-15)4-10(14)5-9/h3-5,11H,7,16H2,1-2H3,(H,17,18)/t11-/m1/s1. The fourth-order valence-corrected chi connectivity index (χ4v) is 2.44. The molecule has 0 unspecified atom stereocenters. The molecular weight excluding hydrogens is 267 g/mol. The van der Waals surface area contributed by atoms with Crippen molar-refractivity contribution in [1.82, 2.24) is 0 Å². The Morgan fingerprint density at radius 1 is 1.58 bits per heavy atom. The first kappa shape index (κ1) is 15.5. The van der Waals surface area contributed by atoms with Gasteiger partial charge in [-0.1, -0.05) is 0 Å². The molecule has 0 saturated carbocycles. The third-order valence-electron chi connectivity index (χ3n) is 2.71. The summed E-state index contributed by atoms with van der Waals surface area (Å²) in [6.45, 7) is 3.45. The van der Waals surface area contributed by atoms with E-state index in [1.165, 1.54) is 17.8 Å². The Morgan fingerprint density at radius 3 is 2.74 bits per heavy atom. The molecular formula is C13H15FN2O2S. The number of nitrogens with zero attached hydrogens (tertiary/aromatic N) is 1. The van der Waals surface area contributed by atoms with Gasteiger partial charge < -0.3 is 10.8 Å². The zero-order valence-corrected chi connectivity index (χ0v) is 11.5.